The molecular formula is C19H26BrClN2O2S. The Morgan fingerprint density at radius 3 is 2.42 bits per heavy atom. The highest BCUT2D eigenvalue weighted by atomic mass is 79.9. The molecule has 0 aliphatic heterocycles. The lowest BCUT2D eigenvalue weighted by molar-refractivity contribution is 0.338. The van der Waals surface area contributed by atoms with Gasteiger partial charge in [0.25, 0.3) is 10.0 Å². The lowest BCUT2D eigenvalue weighted by Crippen LogP contribution is -2.36. The first-order valence-corrected chi connectivity index (χ1v) is 11.1. The van der Waals surface area contributed by atoms with E-state index in [0.717, 1.165) is 22.2 Å². The van der Waals surface area contributed by atoms with Crippen molar-refractivity contribution in [1.29, 1.82) is 0 Å². The van der Waals surface area contributed by atoms with Crippen LogP contribution in [0.4, 0.5) is 0 Å². The number of aliphatic imine (C=N–C) groups is 1. The summed E-state index contributed by atoms with van der Waals surface area (Å²) in [7, 11) is -3.83. The Morgan fingerprint density at radius 1 is 1.35 bits per heavy atom. The molecule has 2 atom stereocenters. The zero-order valence-electron chi connectivity index (χ0n) is 15.8. The van der Waals surface area contributed by atoms with E-state index in [9.17, 15) is 8.42 Å². The fourth-order valence-electron chi connectivity index (χ4n) is 3.04. The van der Waals surface area contributed by atoms with Gasteiger partial charge < -0.3 is 0 Å². The number of halogens is 2. The lowest BCUT2D eigenvalue weighted by Gasteiger charge is -2.35. The van der Waals surface area contributed by atoms with Gasteiger partial charge in [-0.05, 0) is 59.6 Å². The van der Waals surface area contributed by atoms with Gasteiger partial charge >= 0.3 is 0 Å². The molecule has 1 aromatic rings. The van der Waals surface area contributed by atoms with Crippen LogP contribution in [0.3, 0.4) is 0 Å². The molecule has 4 nitrogen and oxygen atoms in total. The van der Waals surface area contributed by atoms with Gasteiger partial charge in [-0.25, -0.2) is 0 Å². The van der Waals surface area contributed by atoms with Crippen LogP contribution >= 0.6 is 27.7 Å². The topological polar surface area (TPSA) is 49.7 Å². The van der Waals surface area contributed by atoms with Crippen molar-refractivity contribution < 1.29 is 8.42 Å². The number of aryl methyl sites for hydroxylation is 1. The summed E-state index contributed by atoms with van der Waals surface area (Å²) < 4.78 is 26.2. The second-order valence-corrected chi connectivity index (χ2v) is 11.8. The number of amidine groups is 1. The van der Waals surface area contributed by atoms with Crippen LogP contribution in [0.1, 0.15) is 46.1 Å². The molecule has 0 spiro atoms. The van der Waals surface area contributed by atoms with Crippen molar-refractivity contribution in [2.75, 3.05) is 0 Å². The predicted octanol–water partition coefficient (Wildman–Crippen LogP) is 5.46. The van der Waals surface area contributed by atoms with Crippen LogP contribution < -0.4 is 0 Å². The Balaban J connectivity index is 2.25. The van der Waals surface area contributed by atoms with Gasteiger partial charge in [0.2, 0.25) is 0 Å². The second kappa shape index (κ2) is 7.64. The number of benzene rings is 1. The van der Waals surface area contributed by atoms with E-state index in [0.29, 0.717) is 0 Å². The number of hydrogen-bond donors (Lipinski definition) is 0. The molecule has 1 aliphatic carbocycles. The molecular weight excluding hydrogens is 436 g/mol. The molecule has 144 valence electrons. The zero-order valence-corrected chi connectivity index (χ0v) is 19.0. The first-order chi connectivity index (χ1) is 11.8. The summed E-state index contributed by atoms with van der Waals surface area (Å²) in [5.41, 5.74) is 0.527. The van der Waals surface area contributed by atoms with Crippen molar-refractivity contribution in [3.8, 4) is 0 Å². The van der Waals surface area contributed by atoms with Crippen molar-refractivity contribution in [2.45, 2.75) is 62.2 Å². The maximum Gasteiger partial charge on any atom is 0.279 e. The standard InChI is InChI=1S/C19H26BrClN2O2S/c1-14-6-8-17(9-7-14)26(24,25)23(21)15(2)22-18(3,4)16-10-12-19(5,20)13-11-16/h6-10,12,16H,11,13H2,1-5H3/t16-,19-/m0/s1. The van der Waals surface area contributed by atoms with Crippen LogP contribution in [0.15, 0.2) is 46.3 Å². The monoisotopic (exact) mass is 460 g/mol. The summed E-state index contributed by atoms with van der Waals surface area (Å²) in [6, 6.07) is 6.61. The molecule has 7 heteroatoms. The fraction of sp³-hybridized carbons (Fsp3) is 0.526. The molecule has 0 heterocycles. The summed E-state index contributed by atoms with van der Waals surface area (Å²) >= 11 is 9.86. The Bertz CT molecular complexity index is 814. The highest BCUT2D eigenvalue weighted by Crippen LogP contribution is 2.38. The van der Waals surface area contributed by atoms with Gasteiger partial charge in [-0.2, -0.15) is 12.2 Å². The second-order valence-electron chi connectivity index (χ2n) is 7.63. The molecule has 0 saturated carbocycles. The van der Waals surface area contributed by atoms with E-state index in [1.165, 1.54) is 0 Å². The van der Waals surface area contributed by atoms with Crippen LogP contribution in [0.2, 0.25) is 0 Å². The smallest absolute Gasteiger partial charge is 0.264 e. The predicted molar refractivity (Wildman–Crippen MR) is 112 cm³/mol. The third-order valence-electron chi connectivity index (χ3n) is 4.76. The third kappa shape index (κ3) is 4.90. The van der Waals surface area contributed by atoms with Crippen molar-refractivity contribution in [1.82, 2.24) is 3.82 Å². The van der Waals surface area contributed by atoms with Gasteiger partial charge in [0, 0.05) is 22.0 Å². The minimum Gasteiger partial charge on any atom is -0.264 e. The Labute approximate surface area is 170 Å². The van der Waals surface area contributed by atoms with Crippen LogP contribution in [-0.2, 0) is 10.0 Å². The van der Waals surface area contributed by atoms with Gasteiger partial charge in [-0.3, -0.25) is 4.99 Å². The summed E-state index contributed by atoms with van der Waals surface area (Å²) in [6.45, 7) is 9.68. The largest absolute Gasteiger partial charge is 0.279 e. The molecule has 0 aromatic heterocycles. The van der Waals surface area contributed by atoms with Gasteiger partial charge in [-0.15, -0.1) is 0 Å². The van der Waals surface area contributed by atoms with Crippen LogP contribution in [-0.4, -0.2) is 27.9 Å². The molecule has 1 aromatic carbocycles. The zero-order chi connectivity index (χ0) is 19.8. The summed E-state index contributed by atoms with van der Waals surface area (Å²) in [5.74, 6) is 0.480. The average molecular weight is 462 g/mol. The highest BCUT2D eigenvalue weighted by molar-refractivity contribution is 9.10. The summed E-state index contributed by atoms with van der Waals surface area (Å²) in [6.07, 6.45) is 6.27. The number of sulfonamides is 1. The van der Waals surface area contributed by atoms with E-state index in [4.69, 9.17) is 11.8 Å². The maximum atomic E-state index is 12.7. The quantitative estimate of drug-likeness (QED) is 0.197. The van der Waals surface area contributed by atoms with Crippen molar-refractivity contribution in [2.24, 2.45) is 10.9 Å². The number of hydrogen-bond acceptors (Lipinski definition) is 3. The molecule has 0 radical (unpaired) electrons. The molecule has 26 heavy (non-hydrogen) atoms. The van der Waals surface area contributed by atoms with Gasteiger partial charge in [0.05, 0.1) is 10.4 Å². The van der Waals surface area contributed by atoms with Crippen molar-refractivity contribution >= 4 is 43.6 Å². The molecule has 0 fully saturated rings. The SMILES string of the molecule is CC(=NC(C)(C)[C@H]1C=C[C@](C)(Br)CC1)N(Cl)S(=O)(=O)c1ccc(C)cc1. The van der Waals surface area contributed by atoms with E-state index in [2.05, 4.69) is 40.0 Å². The minimum absolute atomic E-state index is 0.0195. The summed E-state index contributed by atoms with van der Waals surface area (Å²) in [5, 5.41) is 0. The maximum absolute atomic E-state index is 12.7. The lowest BCUT2D eigenvalue weighted by atomic mass is 9.78. The Hall–Kier alpha value is -0.850. The number of nitrogens with zero attached hydrogens (tertiary/aromatic N) is 2. The minimum atomic E-state index is -3.83. The van der Waals surface area contributed by atoms with E-state index in [1.54, 1.807) is 31.2 Å². The molecule has 1 aliphatic rings. The first kappa shape index (κ1) is 21.5. The van der Waals surface area contributed by atoms with E-state index >= 15 is 0 Å². The number of allylic oxidation sites excluding steroid dienone is 1. The van der Waals surface area contributed by atoms with Crippen molar-refractivity contribution in [3.05, 3.63) is 42.0 Å². The average Bonchev–Trinajstić information content (AvgIpc) is 2.53. The van der Waals surface area contributed by atoms with Gasteiger partial charge in [0.1, 0.15) is 5.84 Å². The van der Waals surface area contributed by atoms with E-state index in [1.807, 2.05) is 20.8 Å². The Kier molecular flexibility index (Phi) is 6.31. The molecule has 2 rings (SSSR count). The number of alkyl halides is 1. The van der Waals surface area contributed by atoms with E-state index in [-0.39, 0.29) is 21.0 Å². The summed E-state index contributed by atoms with van der Waals surface area (Å²) in [4.78, 5) is 4.81. The molecule has 0 saturated heterocycles. The van der Waals surface area contributed by atoms with E-state index < -0.39 is 15.6 Å². The van der Waals surface area contributed by atoms with Crippen LogP contribution in [0.5, 0.6) is 0 Å². The Morgan fingerprint density at radius 2 is 1.92 bits per heavy atom. The highest BCUT2D eigenvalue weighted by Gasteiger charge is 2.34. The number of rotatable bonds is 4. The third-order valence-corrected chi connectivity index (χ3v) is 7.77. The normalized spacial score (nSPS) is 24.6. The van der Waals surface area contributed by atoms with Gasteiger partial charge in [0.15, 0.2) is 0 Å². The first-order valence-electron chi connectivity index (χ1n) is 8.58. The molecule has 0 amide bonds. The fourth-order valence-corrected chi connectivity index (χ4v) is 4.75. The molecule has 0 bridgehead atoms. The molecule has 0 unspecified atom stereocenters. The van der Waals surface area contributed by atoms with Crippen LogP contribution in [0, 0.1) is 12.8 Å². The van der Waals surface area contributed by atoms with Crippen molar-refractivity contribution in [3.63, 3.8) is 0 Å². The molecule has 0 N–H and O–H groups in total. The van der Waals surface area contributed by atoms with Gasteiger partial charge in [-0.1, -0.05) is 45.8 Å². The van der Waals surface area contributed by atoms with Crippen LogP contribution in [0.25, 0.3) is 0 Å².